The molecule has 0 saturated carbocycles. The number of thiophene rings is 2. The molecular formula is C54H40N2S2. The first-order chi connectivity index (χ1) is 28.5. The summed E-state index contributed by atoms with van der Waals surface area (Å²) >= 11 is 3.69. The minimum Gasteiger partial charge on any atom is -0.311 e. The Morgan fingerprint density at radius 2 is 0.569 bits per heavy atom. The van der Waals surface area contributed by atoms with Crippen molar-refractivity contribution in [1.82, 2.24) is 0 Å². The van der Waals surface area contributed by atoms with Crippen LogP contribution in [-0.4, -0.2) is 0 Å². The van der Waals surface area contributed by atoms with Crippen LogP contribution in [0.3, 0.4) is 0 Å². The molecule has 0 aliphatic heterocycles. The number of fused-ring (bicyclic) bond motifs is 2. The maximum absolute atomic E-state index is 2.34. The van der Waals surface area contributed by atoms with E-state index in [2.05, 4.69) is 230 Å². The molecule has 0 aliphatic rings. The van der Waals surface area contributed by atoms with E-state index in [4.69, 9.17) is 0 Å². The standard InChI is InChI=1S/C54H40N2S2/c1-37-11-23-45(24-12-37)55(49-31-19-41(20-32-49)53-35-43-7-3-5-9-51(43)57-53)47-27-15-39(16-28-47)40-17-29-48(30-18-40)56(46-25-13-38(2)14-26-46)50-33-21-42(22-34-50)54-36-44-8-4-6-10-52(44)58-54/h3-36H,1-2H3. The molecule has 8 aromatic carbocycles. The van der Waals surface area contributed by atoms with Crippen molar-refractivity contribution in [1.29, 1.82) is 0 Å². The number of rotatable bonds is 9. The van der Waals surface area contributed by atoms with Gasteiger partial charge in [-0.3, -0.25) is 0 Å². The molecule has 0 atom stereocenters. The van der Waals surface area contributed by atoms with Gasteiger partial charge in [0.15, 0.2) is 0 Å². The topological polar surface area (TPSA) is 6.48 Å². The van der Waals surface area contributed by atoms with Crippen molar-refractivity contribution in [3.63, 3.8) is 0 Å². The van der Waals surface area contributed by atoms with Crippen molar-refractivity contribution in [2.24, 2.45) is 0 Å². The predicted octanol–water partition coefficient (Wildman–Crippen LogP) is 16.7. The Labute approximate surface area is 348 Å². The van der Waals surface area contributed by atoms with Crippen LogP contribution in [0.2, 0.25) is 0 Å². The lowest BCUT2D eigenvalue weighted by Crippen LogP contribution is -2.10. The lowest BCUT2D eigenvalue weighted by molar-refractivity contribution is 1.27. The first kappa shape index (κ1) is 35.7. The molecule has 2 aromatic heterocycles. The molecule has 0 unspecified atom stereocenters. The molecule has 4 heteroatoms. The summed E-state index contributed by atoms with van der Waals surface area (Å²) in [5.74, 6) is 0. The zero-order valence-corrected chi connectivity index (χ0v) is 34.0. The molecule has 0 spiro atoms. The lowest BCUT2D eigenvalue weighted by atomic mass is 10.0. The number of hydrogen-bond acceptors (Lipinski definition) is 4. The highest BCUT2D eigenvalue weighted by Crippen LogP contribution is 2.41. The monoisotopic (exact) mass is 780 g/mol. The third kappa shape index (κ3) is 7.09. The van der Waals surface area contributed by atoms with E-state index in [9.17, 15) is 0 Å². The van der Waals surface area contributed by atoms with Gasteiger partial charge in [0.2, 0.25) is 0 Å². The molecule has 2 heterocycles. The summed E-state index contributed by atoms with van der Waals surface area (Å²) in [5.41, 5.74) is 14.0. The molecule has 58 heavy (non-hydrogen) atoms. The van der Waals surface area contributed by atoms with Crippen LogP contribution in [0.15, 0.2) is 206 Å². The zero-order valence-electron chi connectivity index (χ0n) is 32.3. The average molecular weight is 781 g/mol. The summed E-state index contributed by atoms with van der Waals surface area (Å²) in [4.78, 5) is 7.25. The minimum atomic E-state index is 1.11. The number of benzene rings is 8. The van der Waals surface area contributed by atoms with E-state index in [1.807, 2.05) is 22.7 Å². The molecule has 0 N–H and O–H groups in total. The molecule has 0 amide bonds. The van der Waals surface area contributed by atoms with E-state index < -0.39 is 0 Å². The Bertz CT molecular complexity index is 2700. The summed E-state index contributed by atoms with van der Waals surface area (Å²) in [6.45, 7) is 4.27. The summed E-state index contributed by atoms with van der Waals surface area (Å²) in [6.07, 6.45) is 0. The predicted molar refractivity (Wildman–Crippen MR) is 252 cm³/mol. The molecule has 0 bridgehead atoms. The molecule has 10 rings (SSSR count). The fourth-order valence-corrected chi connectivity index (χ4v) is 9.82. The second-order valence-electron chi connectivity index (χ2n) is 14.8. The second kappa shape index (κ2) is 15.3. The number of anilines is 6. The average Bonchev–Trinajstić information content (AvgIpc) is 3.92. The van der Waals surface area contributed by atoms with Crippen LogP contribution >= 0.6 is 22.7 Å². The largest absolute Gasteiger partial charge is 0.311 e. The molecule has 0 radical (unpaired) electrons. The lowest BCUT2D eigenvalue weighted by Gasteiger charge is -2.26. The van der Waals surface area contributed by atoms with Gasteiger partial charge in [0.1, 0.15) is 0 Å². The van der Waals surface area contributed by atoms with Crippen molar-refractivity contribution >= 4 is 77.0 Å². The Hall–Kier alpha value is -6.72. The summed E-state index contributed by atoms with van der Waals surface area (Å²) < 4.78 is 2.63. The molecule has 2 nitrogen and oxygen atoms in total. The van der Waals surface area contributed by atoms with E-state index in [0.29, 0.717) is 0 Å². The first-order valence-electron chi connectivity index (χ1n) is 19.6. The van der Waals surface area contributed by atoms with Crippen LogP contribution in [0.25, 0.3) is 52.2 Å². The highest BCUT2D eigenvalue weighted by atomic mass is 32.1. The Morgan fingerprint density at radius 3 is 0.879 bits per heavy atom. The van der Waals surface area contributed by atoms with Gasteiger partial charge < -0.3 is 9.80 Å². The maximum atomic E-state index is 2.34. The summed E-state index contributed by atoms with van der Waals surface area (Å²) in [7, 11) is 0. The number of aryl methyl sites for hydroxylation is 2. The SMILES string of the molecule is Cc1ccc(N(c2ccc(-c3ccc(N(c4ccc(C)cc4)c4ccc(-c5cc6ccccc6s5)cc4)cc3)cc2)c2ccc(-c3cc4ccccc4s3)cc2)cc1. The molecule has 0 aliphatic carbocycles. The van der Waals surface area contributed by atoms with Crippen molar-refractivity contribution in [2.45, 2.75) is 13.8 Å². The minimum absolute atomic E-state index is 1.11. The second-order valence-corrected chi connectivity index (χ2v) is 17.0. The van der Waals surface area contributed by atoms with E-state index >= 15 is 0 Å². The van der Waals surface area contributed by atoms with Gasteiger partial charge in [0, 0.05) is 53.3 Å². The van der Waals surface area contributed by atoms with Gasteiger partial charge in [-0.15, -0.1) is 22.7 Å². The molecular weight excluding hydrogens is 741 g/mol. The van der Waals surface area contributed by atoms with Crippen molar-refractivity contribution in [2.75, 3.05) is 9.80 Å². The zero-order chi connectivity index (χ0) is 39.0. The third-order valence-corrected chi connectivity index (χ3v) is 13.2. The van der Waals surface area contributed by atoms with Gasteiger partial charge >= 0.3 is 0 Å². The van der Waals surface area contributed by atoms with Gasteiger partial charge in [-0.1, -0.05) is 120 Å². The molecule has 10 aromatic rings. The molecule has 278 valence electrons. The summed E-state index contributed by atoms with van der Waals surface area (Å²) in [5, 5.41) is 2.58. The highest BCUT2D eigenvalue weighted by molar-refractivity contribution is 7.22. The van der Waals surface area contributed by atoms with E-state index in [-0.39, 0.29) is 0 Å². The van der Waals surface area contributed by atoms with Crippen LogP contribution in [0, 0.1) is 13.8 Å². The normalized spacial score (nSPS) is 11.3. The van der Waals surface area contributed by atoms with Gasteiger partial charge in [-0.05, 0) is 144 Å². The van der Waals surface area contributed by atoms with E-state index in [1.165, 1.54) is 63.3 Å². The van der Waals surface area contributed by atoms with Crippen molar-refractivity contribution in [3.8, 4) is 32.0 Å². The first-order valence-corrected chi connectivity index (χ1v) is 21.3. The molecule has 0 fully saturated rings. The fraction of sp³-hybridized carbons (Fsp3) is 0.0370. The van der Waals surface area contributed by atoms with Crippen LogP contribution in [-0.2, 0) is 0 Å². The quantitative estimate of drug-likeness (QED) is 0.144. The Kier molecular flexibility index (Phi) is 9.42. The van der Waals surface area contributed by atoms with E-state index in [1.54, 1.807) is 0 Å². The summed E-state index contributed by atoms with van der Waals surface area (Å²) in [6, 6.07) is 75.2. The third-order valence-electron chi connectivity index (χ3n) is 10.8. The van der Waals surface area contributed by atoms with Crippen LogP contribution < -0.4 is 9.80 Å². The van der Waals surface area contributed by atoms with Gasteiger partial charge in [0.25, 0.3) is 0 Å². The van der Waals surface area contributed by atoms with Gasteiger partial charge in [-0.25, -0.2) is 0 Å². The maximum Gasteiger partial charge on any atom is 0.0462 e. The Morgan fingerprint density at radius 1 is 0.293 bits per heavy atom. The van der Waals surface area contributed by atoms with E-state index in [0.717, 1.165) is 34.1 Å². The smallest absolute Gasteiger partial charge is 0.0462 e. The van der Waals surface area contributed by atoms with Crippen LogP contribution in [0.4, 0.5) is 34.1 Å². The Balaban J connectivity index is 0.936. The fourth-order valence-electron chi connectivity index (χ4n) is 7.69. The highest BCUT2D eigenvalue weighted by Gasteiger charge is 2.16. The number of nitrogens with zero attached hydrogens (tertiary/aromatic N) is 2. The van der Waals surface area contributed by atoms with Crippen LogP contribution in [0.5, 0.6) is 0 Å². The molecule has 0 saturated heterocycles. The number of hydrogen-bond donors (Lipinski definition) is 0. The van der Waals surface area contributed by atoms with Gasteiger partial charge in [0.05, 0.1) is 0 Å². The van der Waals surface area contributed by atoms with Gasteiger partial charge in [-0.2, -0.15) is 0 Å². The van der Waals surface area contributed by atoms with Crippen LogP contribution in [0.1, 0.15) is 11.1 Å². The van der Waals surface area contributed by atoms with Crippen molar-refractivity contribution in [3.05, 3.63) is 217 Å². The van der Waals surface area contributed by atoms with Crippen molar-refractivity contribution < 1.29 is 0 Å².